The summed E-state index contributed by atoms with van der Waals surface area (Å²) in [5, 5.41) is 15.4. The van der Waals surface area contributed by atoms with Crippen LogP contribution in [0.1, 0.15) is 35.6 Å². The summed E-state index contributed by atoms with van der Waals surface area (Å²) in [6, 6.07) is 8.26. The summed E-state index contributed by atoms with van der Waals surface area (Å²) in [6.07, 6.45) is 1.18. The van der Waals surface area contributed by atoms with E-state index in [0.29, 0.717) is 24.1 Å². The van der Waals surface area contributed by atoms with Gasteiger partial charge < -0.3 is 20.5 Å². The van der Waals surface area contributed by atoms with Gasteiger partial charge in [-0.1, -0.05) is 24.3 Å². The lowest BCUT2D eigenvalue weighted by Gasteiger charge is -2.39. The highest BCUT2D eigenvalue weighted by Gasteiger charge is 2.43. The number of urea groups is 1. The van der Waals surface area contributed by atoms with Gasteiger partial charge in [-0.3, -0.25) is 0 Å². The molecule has 1 aliphatic carbocycles. The maximum atomic E-state index is 14.2. The zero-order chi connectivity index (χ0) is 21.3. The summed E-state index contributed by atoms with van der Waals surface area (Å²) in [6.45, 7) is -2.30. The quantitative estimate of drug-likeness (QED) is 0.700. The van der Waals surface area contributed by atoms with Gasteiger partial charge in [-0.25, -0.2) is 18.0 Å². The number of amides is 2. The third-order valence-electron chi connectivity index (χ3n) is 5.77. The van der Waals surface area contributed by atoms with Crippen molar-refractivity contribution in [2.75, 3.05) is 18.7 Å². The number of benzene rings is 2. The van der Waals surface area contributed by atoms with Crippen LogP contribution < -0.4 is 15.4 Å². The first-order chi connectivity index (χ1) is 14.4. The van der Waals surface area contributed by atoms with Gasteiger partial charge in [0, 0.05) is 24.1 Å². The third kappa shape index (κ3) is 3.84. The van der Waals surface area contributed by atoms with Crippen LogP contribution >= 0.6 is 0 Å². The van der Waals surface area contributed by atoms with E-state index in [1.165, 1.54) is 6.07 Å². The average Bonchev–Trinajstić information content (AvgIpc) is 2.74. The van der Waals surface area contributed by atoms with Crippen molar-refractivity contribution >= 4 is 11.7 Å². The molecule has 4 rings (SSSR count). The van der Waals surface area contributed by atoms with Gasteiger partial charge in [0.1, 0.15) is 13.3 Å². The van der Waals surface area contributed by atoms with Gasteiger partial charge in [-0.05, 0) is 36.1 Å². The van der Waals surface area contributed by atoms with Crippen molar-refractivity contribution in [2.24, 2.45) is 0 Å². The highest BCUT2D eigenvalue weighted by Crippen LogP contribution is 2.42. The van der Waals surface area contributed by atoms with Crippen molar-refractivity contribution in [3.63, 3.8) is 0 Å². The van der Waals surface area contributed by atoms with Crippen molar-refractivity contribution in [1.29, 1.82) is 0 Å². The lowest BCUT2D eigenvalue weighted by atomic mass is 9.88. The lowest BCUT2D eigenvalue weighted by Crippen LogP contribution is -2.49. The van der Waals surface area contributed by atoms with Crippen LogP contribution in [0.4, 0.5) is 23.7 Å². The predicted octanol–water partition coefficient (Wildman–Crippen LogP) is 4.00. The molecule has 0 radical (unpaired) electrons. The van der Waals surface area contributed by atoms with Crippen LogP contribution in [-0.2, 0) is 12.8 Å². The summed E-state index contributed by atoms with van der Waals surface area (Å²) < 4.78 is 46.8. The number of aliphatic hydroxyl groups is 1. The second-order valence-electron chi connectivity index (χ2n) is 7.91. The molecule has 2 aromatic carbocycles. The van der Waals surface area contributed by atoms with Crippen molar-refractivity contribution in [3.05, 3.63) is 58.9 Å². The molecule has 160 valence electrons. The van der Waals surface area contributed by atoms with E-state index >= 15 is 0 Å². The monoisotopic (exact) mass is 420 g/mol. The summed E-state index contributed by atoms with van der Waals surface area (Å²) in [5.74, 6) is -0.985. The van der Waals surface area contributed by atoms with E-state index in [9.17, 15) is 23.1 Å². The second kappa shape index (κ2) is 8.18. The number of ether oxygens (including phenoxy) is 1. The van der Waals surface area contributed by atoms with Gasteiger partial charge in [0.25, 0.3) is 0 Å². The lowest BCUT2D eigenvalue weighted by molar-refractivity contribution is -0.0137. The summed E-state index contributed by atoms with van der Waals surface area (Å²) in [4.78, 5) is 12.7. The van der Waals surface area contributed by atoms with Crippen molar-refractivity contribution < 1.29 is 27.8 Å². The van der Waals surface area contributed by atoms with Gasteiger partial charge in [0.05, 0.1) is 12.1 Å². The summed E-state index contributed by atoms with van der Waals surface area (Å²) in [5.41, 5.74) is 0.978. The van der Waals surface area contributed by atoms with Gasteiger partial charge in [-0.2, -0.15) is 0 Å². The number of carbonyl (C=O) groups excluding carboxylic acids is 1. The maximum Gasteiger partial charge on any atom is 0.319 e. The first-order valence-electron chi connectivity index (χ1n) is 9.90. The maximum absolute atomic E-state index is 14.2. The molecule has 2 aliphatic rings. The molecule has 2 amide bonds. The minimum absolute atomic E-state index is 0.171. The number of fused-ring (bicyclic) bond motifs is 2. The molecule has 8 heteroatoms. The number of nitrogens with one attached hydrogen (secondary N) is 2. The first kappa shape index (κ1) is 20.5. The Kier molecular flexibility index (Phi) is 5.60. The van der Waals surface area contributed by atoms with Crippen LogP contribution in [0.3, 0.4) is 0 Å². The molecule has 3 N–H and O–H groups in total. The Morgan fingerprint density at radius 2 is 1.97 bits per heavy atom. The van der Waals surface area contributed by atoms with Crippen LogP contribution in [0.2, 0.25) is 0 Å². The molecule has 2 atom stereocenters. The number of halogens is 3. The number of para-hydroxylation sites is 1. The number of hydrogen-bond donors (Lipinski definition) is 3. The van der Waals surface area contributed by atoms with E-state index in [0.717, 1.165) is 23.6 Å². The highest BCUT2D eigenvalue weighted by molar-refractivity contribution is 5.90. The third-order valence-corrected chi connectivity index (χ3v) is 5.77. The van der Waals surface area contributed by atoms with Crippen LogP contribution in [0.5, 0.6) is 5.75 Å². The minimum Gasteiger partial charge on any atom is -0.478 e. The number of rotatable bonds is 4. The van der Waals surface area contributed by atoms with E-state index in [1.54, 1.807) is 12.1 Å². The zero-order valence-electron chi connectivity index (χ0n) is 16.3. The van der Waals surface area contributed by atoms with Crippen LogP contribution in [0.15, 0.2) is 36.4 Å². The fourth-order valence-electron chi connectivity index (χ4n) is 4.18. The molecule has 0 unspecified atom stereocenters. The number of aryl methyl sites for hydroxylation is 1. The summed E-state index contributed by atoms with van der Waals surface area (Å²) in [7, 11) is 0. The van der Waals surface area contributed by atoms with Crippen LogP contribution in [0, 0.1) is 5.82 Å². The van der Waals surface area contributed by atoms with E-state index < -0.39 is 42.9 Å². The molecule has 1 heterocycles. The minimum atomic E-state index is -1.84. The summed E-state index contributed by atoms with van der Waals surface area (Å²) >= 11 is 0. The Morgan fingerprint density at radius 3 is 2.73 bits per heavy atom. The molecule has 0 fully saturated rings. The second-order valence-corrected chi connectivity index (χ2v) is 7.91. The number of anilines is 1. The number of aliphatic hydroxyl groups excluding tert-OH is 1. The molecule has 1 aliphatic heterocycles. The Labute approximate surface area is 172 Å². The van der Waals surface area contributed by atoms with Gasteiger partial charge in [-0.15, -0.1) is 0 Å². The Balaban J connectivity index is 1.57. The van der Waals surface area contributed by atoms with E-state index in [1.807, 2.05) is 12.1 Å². The molecular weight excluding hydrogens is 397 g/mol. The molecule has 0 spiro atoms. The molecule has 0 saturated carbocycles. The normalized spacial score (nSPS) is 21.7. The number of hydrogen-bond acceptors (Lipinski definition) is 3. The van der Waals surface area contributed by atoms with E-state index in [2.05, 4.69) is 10.6 Å². The smallest absolute Gasteiger partial charge is 0.319 e. The molecule has 2 aromatic rings. The average molecular weight is 420 g/mol. The molecular formula is C22H23F3N2O3. The molecule has 5 nitrogen and oxygen atoms in total. The zero-order valence-corrected chi connectivity index (χ0v) is 16.3. The Bertz CT molecular complexity index is 949. The SMILES string of the molecule is O=C(Nc1cccc2c1C[C@@H](O)CC2)N[C@@H]1CC(CF)(CF)Oc2c(F)cccc21. The van der Waals surface area contributed by atoms with Crippen molar-refractivity contribution in [1.82, 2.24) is 5.32 Å². The fourth-order valence-corrected chi connectivity index (χ4v) is 4.18. The number of carbonyl (C=O) groups is 1. The first-order valence-corrected chi connectivity index (χ1v) is 9.90. The van der Waals surface area contributed by atoms with Gasteiger partial charge in [0.15, 0.2) is 17.2 Å². The molecule has 0 aromatic heterocycles. The van der Waals surface area contributed by atoms with E-state index in [4.69, 9.17) is 4.74 Å². The molecule has 0 saturated heterocycles. The topological polar surface area (TPSA) is 70.6 Å². The van der Waals surface area contributed by atoms with Crippen LogP contribution in [0.25, 0.3) is 0 Å². The highest BCUT2D eigenvalue weighted by atomic mass is 19.1. The number of alkyl halides is 2. The Morgan fingerprint density at radius 1 is 1.20 bits per heavy atom. The van der Waals surface area contributed by atoms with Gasteiger partial charge in [0.2, 0.25) is 0 Å². The molecule has 0 bridgehead atoms. The van der Waals surface area contributed by atoms with E-state index in [-0.39, 0.29) is 12.2 Å². The standard InChI is InChI=1S/C22H23F3N2O3/c23-11-22(12-24)10-19(15-4-2-5-17(25)20(15)30-22)27-21(29)26-18-6-1-3-13-7-8-14(28)9-16(13)18/h1-6,14,19,28H,7-12H2,(H2,26,27,29)/t14-,19+/m0/s1. The van der Waals surface area contributed by atoms with Crippen LogP contribution in [-0.4, -0.2) is 36.2 Å². The van der Waals surface area contributed by atoms with Crippen molar-refractivity contribution in [3.8, 4) is 5.75 Å². The molecule has 30 heavy (non-hydrogen) atoms. The Hall–Kier alpha value is -2.74. The predicted molar refractivity (Wildman–Crippen MR) is 106 cm³/mol. The fraction of sp³-hybridized carbons (Fsp3) is 0.409. The largest absolute Gasteiger partial charge is 0.478 e. The van der Waals surface area contributed by atoms with Gasteiger partial charge >= 0.3 is 6.03 Å². The van der Waals surface area contributed by atoms with Crippen molar-refractivity contribution in [2.45, 2.75) is 43.4 Å².